The van der Waals surface area contributed by atoms with Crippen molar-refractivity contribution in [1.82, 2.24) is 0 Å². The summed E-state index contributed by atoms with van der Waals surface area (Å²) in [4.78, 5) is 0. The average Bonchev–Trinajstić information content (AvgIpc) is 1.50. The van der Waals surface area contributed by atoms with Gasteiger partial charge in [0.2, 0.25) is 0 Å². The molecule has 0 spiro atoms. The Morgan fingerprint density at radius 2 is 1.25 bits per heavy atom. The third kappa shape index (κ3) is 26.9. The van der Waals surface area contributed by atoms with Crippen LogP contribution in [0.3, 0.4) is 0 Å². The molecule has 0 N–H and O–H groups in total. The molecule has 36 valence electrons. The van der Waals surface area contributed by atoms with Gasteiger partial charge in [-0.1, -0.05) is 22.3 Å². The van der Waals surface area contributed by atoms with Gasteiger partial charge < -0.3 is 0 Å². The van der Waals surface area contributed by atoms with Gasteiger partial charge in [-0.05, 0) is 0 Å². The molecular weight excluding hydrogens is 67.0 g/mol. The molecule has 0 heterocycles. The second-order valence-electron chi connectivity index (χ2n) is 0. The van der Waals surface area contributed by atoms with E-state index in [0.717, 1.165) is 0 Å². The van der Waals surface area contributed by atoms with Crippen LogP contribution in [-0.2, 0) is 0 Å². The van der Waals surface area contributed by atoms with Gasteiger partial charge in [-0.2, -0.15) is 9.90 Å². The average molecular weight is 92.2 g/mol. The lowest BCUT2D eigenvalue weighted by Crippen LogP contribution is 0.143. The highest BCUT2D eigenvalue weighted by Crippen LogP contribution is 0.861. The molecule has 1 atom stereocenters. The van der Waals surface area contributed by atoms with E-state index in [0.29, 0.717) is 0 Å². The molecule has 0 aliphatic rings. The predicted molar refractivity (Wildman–Crippen MR) is 35.5 cm³/mol. The first-order valence-electron chi connectivity index (χ1n) is 2.00. The first-order chi connectivity index (χ1) is 2.00. The van der Waals surface area contributed by atoms with E-state index in [1.54, 1.807) is 0 Å². The largest absolute Gasteiger partial charge is 0.153 e. The molecule has 1 heteroatoms. The molecule has 0 aromatic rings. The molecule has 0 aliphatic heterocycles. The van der Waals surface area contributed by atoms with E-state index in [2.05, 4.69) is 0 Å². The summed E-state index contributed by atoms with van der Waals surface area (Å²) in [6.07, 6.45) is 0. The second kappa shape index (κ2) is 110. The highest BCUT2D eigenvalue weighted by atomic mass is 31.0. The summed E-state index contributed by atoms with van der Waals surface area (Å²) in [5, 5.41) is 0. The quantitative estimate of drug-likeness (QED) is 0.403. The maximum absolute atomic E-state index is 5.00. The Labute approximate surface area is 39.4 Å². The molecule has 0 saturated heterocycles. The van der Waals surface area contributed by atoms with Gasteiger partial charge in [0.1, 0.15) is 0 Å². The van der Waals surface area contributed by atoms with Crippen molar-refractivity contribution in [3.8, 4) is 0 Å². The van der Waals surface area contributed by atoms with Gasteiger partial charge in [0.25, 0.3) is 0 Å². The zero-order valence-corrected chi connectivity index (χ0v) is 2.12. The Morgan fingerprint density at radius 1 is 1.25 bits per heavy atom. The van der Waals surface area contributed by atoms with Crippen molar-refractivity contribution in [2.45, 2.75) is 22.3 Å². The fourth-order valence-electron chi connectivity index (χ4n) is 0. The van der Waals surface area contributed by atoms with E-state index in [1.165, 1.54) is 0 Å². The van der Waals surface area contributed by atoms with Crippen LogP contribution in [-0.4, -0.2) is 0 Å². The molecule has 0 aliphatic carbocycles. The van der Waals surface area contributed by atoms with Crippen LogP contribution in [0, 0.1) is 0 Å². The Bertz CT molecular complexity index is 11.2. The number of rotatable bonds is 0. The van der Waals surface area contributed by atoms with Crippen LogP contribution in [0.1, 0.15) is 28.2 Å². The highest BCUT2D eigenvalue weighted by molar-refractivity contribution is 6.92. The lowest BCUT2D eigenvalue weighted by molar-refractivity contribution is 2.50. The van der Waals surface area contributed by atoms with Crippen LogP contribution in [0.5, 0.6) is 0 Å². The van der Waals surface area contributed by atoms with Crippen LogP contribution in [0.15, 0.2) is 0 Å². The minimum Gasteiger partial charge on any atom is -0.153 e. The van der Waals surface area contributed by atoms with Crippen LogP contribution < -0.4 is 0 Å². The summed E-state index contributed by atoms with van der Waals surface area (Å²) in [7, 11) is 0. The zero-order valence-electron chi connectivity index (χ0n) is 4.71. The number of hydrogen-bond acceptors (Lipinski definition) is 0. The van der Waals surface area contributed by atoms with Crippen LogP contribution in [0.25, 0.3) is 0 Å². The number of hydrogen-bond donors (Lipinski definition) is 0. The summed E-state index contributed by atoms with van der Waals surface area (Å²) >= 11 is 0. The van der Waals surface area contributed by atoms with Gasteiger partial charge in [-0.3, -0.25) is 0 Å². The third-order valence-corrected chi connectivity index (χ3v) is 0. The molecule has 0 nitrogen and oxygen atoms in total. The molecule has 0 bridgehead atoms. The summed E-state index contributed by atoms with van der Waals surface area (Å²) in [6, 6.07) is 0. The molecule has 0 amide bonds. The molecule has 4 heavy (non-hydrogen) atoms. The van der Waals surface area contributed by atoms with Crippen molar-refractivity contribution in [3.63, 3.8) is 0 Å². The van der Waals surface area contributed by atoms with E-state index in [9.17, 15) is 0 Å². The molecule has 0 radical (unpaired) electrons. The SMILES string of the molecule is C.C.C.P.[2H][3H].[2H][3H]. The zero-order chi connectivity index (χ0) is 4.00. The van der Waals surface area contributed by atoms with Gasteiger partial charge >= 0.3 is 0 Å². The first kappa shape index (κ1) is 8.83. The van der Waals surface area contributed by atoms with Gasteiger partial charge in [0, 0.05) is 5.94 Å². The molecule has 1 unspecified atom stereocenters. The van der Waals surface area contributed by atoms with Crippen molar-refractivity contribution in [2.24, 2.45) is 0 Å². The van der Waals surface area contributed by atoms with Crippen LogP contribution >= 0.6 is 9.90 Å². The monoisotopic (exact) mass is 92.2 g/mol. The van der Waals surface area contributed by atoms with Gasteiger partial charge in [-0.15, -0.1) is 0 Å². The minimum absolute atomic E-state index is 0. The summed E-state index contributed by atoms with van der Waals surface area (Å²) < 4.78 is 20.0. The molecule has 0 saturated carbocycles. The van der Waals surface area contributed by atoms with E-state index < -0.39 is 0 Å². The predicted octanol–water partition coefficient (Wildman–Crippen LogP) is 2.46. The minimum atomic E-state index is 0. The summed E-state index contributed by atoms with van der Waals surface area (Å²) in [5.74, 6) is 0. The van der Waals surface area contributed by atoms with Crippen LogP contribution in [0.2, 0.25) is 0 Å². The second-order valence-corrected chi connectivity index (χ2v) is 0. The normalized spacial score (nSPS) is 4.00. The maximum Gasteiger partial charge on any atom is 0 e. The molecule has 0 fully saturated rings. The van der Waals surface area contributed by atoms with Crippen LogP contribution in [0.4, 0.5) is 0 Å². The first-order valence-corrected chi connectivity index (χ1v) is 0. The van der Waals surface area contributed by atoms with Crippen molar-refractivity contribution < 1.29 is 5.94 Å². The van der Waals surface area contributed by atoms with Gasteiger partial charge in [0.05, 0.1) is 0 Å². The Hall–Kier alpha value is 0.430. The fraction of sp³-hybridized carbons (Fsp3) is 1.00. The van der Waals surface area contributed by atoms with Crippen molar-refractivity contribution in [2.75, 3.05) is 0 Å². The topological polar surface area (TPSA) is 0 Å². The third-order valence-electron chi connectivity index (χ3n) is 0. The van der Waals surface area contributed by atoms with E-state index in [-0.39, 0.29) is 32.2 Å². The maximum atomic E-state index is 5.00. The summed E-state index contributed by atoms with van der Waals surface area (Å²) in [6.45, 7) is 0. The molecule has 0 aromatic carbocycles. The van der Waals surface area contributed by atoms with E-state index >= 15 is 0 Å². The Morgan fingerprint density at radius 3 is 1.25 bits per heavy atom. The standard InChI is InChI=1S/3CH4.H3P.2H2/h3*1H4;1H3;2*1H/i;;;;2*1+2D. The van der Waals surface area contributed by atoms with Crippen molar-refractivity contribution >= 4 is 9.90 Å². The molecule has 0 rings (SSSR count). The Balaban J connectivity index is -0.00000000167. The smallest absolute Gasteiger partial charge is 0 e. The van der Waals surface area contributed by atoms with Crippen molar-refractivity contribution in [3.05, 3.63) is 0 Å². The summed E-state index contributed by atoms with van der Waals surface area (Å²) in [5.41, 5.74) is 0. The van der Waals surface area contributed by atoms with Gasteiger partial charge in [0.15, 0.2) is 0 Å². The Kier molecular flexibility index (Phi) is 242. The molecule has 0 aromatic heterocycles. The highest BCUT2D eigenvalue weighted by Gasteiger charge is -0.0755. The van der Waals surface area contributed by atoms with Gasteiger partial charge in [-0.25, -0.2) is 0 Å². The lowest BCUT2D eigenvalue weighted by Gasteiger charge is -0.153. The fourth-order valence-corrected chi connectivity index (χ4v) is 0. The van der Waals surface area contributed by atoms with E-state index in [4.69, 9.17) is 5.94 Å². The van der Waals surface area contributed by atoms with Crippen molar-refractivity contribution in [1.29, 1.82) is 0 Å². The lowest BCUT2D eigenvalue weighted by atomic mass is 12.0. The molecular formula is C3H19P. The van der Waals surface area contributed by atoms with E-state index in [1.807, 2.05) is 0 Å².